The minimum atomic E-state index is -1.00. The number of carbonyl (C=O) groups is 1. The summed E-state index contributed by atoms with van der Waals surface area (Å²) in [6.45, 7) is 3.03. The molecule has 1 aromatic heterocycles. The zero-order valence-electron chi connectivity index (χ0n) is 11.6. The Labute approximate surface area is 122 Å². The summed E-state index contributed by atoms with van der Waals surface area (Å²) >= 11 is 0. The number of carboxylic acid groups (broad SMARTS) is 1. The lowest BCUT2D eigenvalue weighted by atomic mass is 10.1. The minimum Gasteiger partial charge on any atom is -0.489 e. The molecule has 0 spiro atoms. The molecule has 2 heterocycles. The highest BCUT2D eigenvalue weighted by Gasteiger charge is 2.25. The van der Waals surface area contributed by atoms with Crippen molar-refractivity contribution in [3.8, 4) is 5.75 Å². The molecule has 0 amide bonds. The number of hydrogen-bond donors (Lipinski definition) is 1. The van der Waals surface area contributed by atoms with E-state index in [0.29, 0.717) is 30.5 Å². The van der Waals surface area contributed by atoms with Gasteiger partial charge in [-0.3, -0.25) is 0 Å². The van der Waals surface area contributed by atoms with Crippen molar-refractivity contribution in [1.29, 1.82) is 0 Å². The van der Waals surface area contributed by atoms with Crippen molar-refractivity contribution in [2.24, 2.45) is 0 Å². The van der Waals surface area contributed by atoms with Gasteiger partial charge in [-0.2, -0.15) is 0 Å². The summed E-state index contributed by atoms with van der Waals surface area (Å²) in [5, 5.41) is 9.24. The highest BCUT2D eigenvalue weighted by molar-refractivity contribution is 5.94. The third kappa shape index (κ3) is 2.40. The molecule has 21 heavy (non-hydrogen) atoms. The van der Waals surface area contributed by atoms with Gasteiger partial charge in [0.1, 0.15) is 12.2 Å². The van der Waals surface area contributed by atoms with Crippen molar-refractivity contribution < 1.29 is 14.6 Å². The van der Waals surface area contributed by atoms with E-state index in [1.54, 1.807) is 18.5 Å². The van der Waals surface area contributed by atoms with Crippen molar-refractivity contribution in [2.75, 3.05) is 18.1 Å². The van der Waals surface area contributed by atoms with Crippen LogP contribution in [0.2, 0.25) is 0 Å². The lowest BCUT2D eigenvalue weighted by molar-refractivity contribution is 0.0692. The van der Waals surface area contributed by atoms with E-state index in [0.717, 1.165) is 12.0 Å². The maximum Gasteiger partial charge on any atom is 0.339 e. The second kappa shape index (κ2) is 5.40. The normalized spacial score (nSPS) is 13.5. The number of anilines is 2. The van der Waals surface area contributed by atoms with Crippen LogP contribution in [-0.2, 0) is 6.42 Å². The van der Waals surface area contributed by atoms with Crippen LogP contribution in [0.4, 0.5) is 11.6 Å². The lowest BCUT2D eigenvalue weighted by Gasteiger charge is -2.30. The van der Waals surface area contributed by atoms with Gasteiger partial charge in [0, 0.05) is 12.4 Å². The highest BCUT2D eigenvalue weighted by atomic mass is 16.5. The lowest BCUT2D eigenvalue weighted by Crippen LogP contribution is -2.30. The first-order chi connectivity index (χ1) is 10.2. The van der Waals surface area contributed by atoms with Crippen LogP contribution in [-0.4, -0.2) is 34.2 Å². The predicted octanol–water partition coefficient (Wildman–Crippen LogP) is 2.27. The monoisotopic (exact) mass is 285 g/mol. The summed E-state index contributed by atoms with van der Waals surface area (Å²) in [4.78, 5) is 21.9. The molecule has 1 aromatic carbocycles. The van der Waals surface area contributed by atoms with E-state index in [1.165, 1.54) is 6.07 Å². The Morgan fingerprint density at radius 2 is 2.14 bits per heavy atom. The smallest absolute Gasteiger partial charge is 0.339 e. The Morgan fingerprint density at radius 3 is 2.81 bits per heavy atom. The van der Waals surface area contributed by atoms with E-state index in [2.05, 4.69) is 9.97 Å². The third-order valence-corrected chi connectivity index (χ3v) is 3.42. The van der Waals surface area contributed by atoms with E-state index in [1.807, 2.05) is 17.9 Å². The van der Waals surface area contributed by atoms with Gasteiger partial charge in [0.15, 0.2) is 5.75 Å². The zero-order valence-corrected chi connectivity index (χ0v) is 11.6. The number of ether oxygens (including phenoxy) is 1. The van der Waals surface area contributed by atoms with Crippen LogP contribution in [0.1, 0.15) is 22.8 Å². The number of benzene rings is 1. The number of aromatic nitrogens is 2. The van der Waals surface area contributed by atoms with E-state index >= 15 is 0 Å². The average molecular weight is 285 g/mol. The topological polar surface area (TPSA) is 75.6 Å². The molecule has 6 nitrogen and oxygen atoms in total. The largest absolute Gasteiger partial charge is 0.489 e. The SMILES string of the molecule is CCc1cnc(N2CCOc3c(C(=O)O)cccc32)nc1. The van der Waals surface area contributed by atoms with Gasteiger partial charge >= 0.3 is 5.97 Å². The van der Waals surface area contributed by atoms with E-state index < -0.39 is 5.97 Å². The maximum atomic E-state index is 11.3. The number of para-hydroxylation sites is 1. The fraction of sp³-hybridized carbons (Fsp3) is 0.267. The molecule has 1 aliphatic rings. The standard InChI is InChI=1S/C15H15N3O3/c1-2-10-8-16-15(17-9-10)18-6-7-21-13-11(14(19)20)4-3-5-12(13)18/h3-5,8-9H,2,6-7H2,1H3,(H,19,20). The van der Waals surface area contributed by atoms with Crippen LogP contribution >= 0.6 is 0 Å². The highest BCUT2D eigenvalue weighted by Crippen LogP contribution is 2.37. The Balaban J connectivity index is 2.03. The Morgan fingerprint density at radius 1 is 1.38 bits per heavy atom. The molecule has 0 unspecified atom stereocenters. The molecule has 0 saturated heterocycles. The first-order valence-corrected chi connectivity index (χ1v) is 6.78. The quantitative estimate of drug-likeness (QED) is 0.932. The number of rotatable bonds is 3. The molecule has 0 fully saturated rings. The van der Waals surface area contributed by atoms with Crippen molar-refractivity contribution in [2.45, 2.75) is 13.3 Å². The number of hydrogen-bond acceptors (Lipinski definition) is 5. The van der Waals surface area contributed by atoms with Crippen molar-refractivity contribution in [1.82, 2.24) is 9.97 Å². The Bertz CT molecular complexity index is 670. The molecule has 0 radical (unpaired) electrons. The maximum absolute atomic E-state index is 11.3. The van der Waals surface area contributed by atoms with E-state index in [4.69, 9.17) is 4.74 Å². The van der Waals surface area contributed by atoms with Gasteiger partial charge in [-0.05, 0) is 24.1 Å². The van der Waals surface area contributed by atoms with Gasteiger partial charge in [-0.25, -0.2) is 14.8 Å². The van der Waals surface area contributed by atoms with Crippen molar-refractivity contribution in [3.63, 3.8) is 0 Å². The number of carboxylic acids is 1. The molecule has 0 aliphatic carbocycles. The summed E-state index contributed by atoms with van der Waals surface area (Å²) in [6.07, 6.45) is 4.46. The summed E-state index contributed by atoms with van der Waals surface area (Å²) in [6, 6.07) is 5.05. The molecule has 1 N–H and O–H groups in total. The summed E-state index contributed by atoms with van der Waals surface area (Å²) in [5.41, 5.74) is 1.90. The van der Waals surface area contributed by atoms with Crippen LogP contribution in [0.25, 0.3) is 0 Å². The first-order valence-electron chi connectivity index (χ1n) is 6.78. The van der Waals surface area contributed by atoms with Crippen LogP contribution in [0.5, 0.6) is 5.75 Å². The predicted molar refractivity (Wildman–Crippen MR) is 77.3 cm³/mol. The average Bonchev–Trinajstić information content (AvgIpc) is 2.53. The molecule has 0 bridgehead atoms. The minimum absolute atomic E-state index is 0.155. The van der Waals surface area contributed by atoms with Gasteiger partial charge in [0.05, 0.1) is 12.2 Å². The van der Waals surface area contributed by atoms with E-state index in [9.17, 15) is 9.90 Å². The van der Waals surface area contributed by atoms with Gasteiger partial charge in [-0.1, -0.05) is 13.0 Å². The zero-order chi connectivity index (χ0) is 14.8. The molecule has 2 aromatic rings. The van der Waals surface area contributed by atoms with Crippen LogP contribution in [0.15, 0.2) is 30.6 Å². The van der Waals surface area contributed by atoms with Gasteiger partial charge < -0.3 is 14.7 Å². The van der Waals surface area contributed by atoms with Crippen LogP contribution in [0, 0.1) is 0 Å². The van der Waals surface area contributed by atoms with Gasteiger partial charge in [0.25, 0.3) is 0 Å². The number of aryl methyl sites for hydroxylation is 1. The summed E-state index contributed by atoms with van der Waals surface area (Å²) in [7, 11) is 0. The summed E-state index contributed by atoms with van der Waals surface area (Å²) < 4.78 is 5.53. The van der Waals surface area contributed by atoms with Gasteiger partial charge in [-0.15, -0.1) is 0 Å². The van der Waals surface area contributed by atoms with Crippen molar-refractivity contribution in [3.05, 3.63) is 41.7 Å². The molecule has 0 saturated carbocycles. The first kappa shape index (κ1) is 13.4. The number of fused-ring (bicyclic) bond motifs is 1. The molecule has 3 rings (SSSR count). The molecule has 6 heteroatoms. The molecular weight excluding hydrogens is 270 g/mol. The molecule has 0 atom stereocenters. The number of aromatic carboxylic acids is 1. The molecule has 1 aliphatic heterocycles. The van der Waals surface area contributed by atoms with Crippen molar-refractivity contribution >= 4 is 17.6 Å². The Kier molecular flexibility index (Phi) is 3.43. The molecular formula is C15H15N3O3. The number of nitrogens with zero attached hydrogens (tertiary/aromatic N) is 3. The second-order valence-corrected chi connectivity index (χ2v) is 4.70. The fourth-order valence-electron chi connectivity index (χ4n) is 2.29. The van der Waals surface area contributed by atoms with Gasteiger partial charge in [0.2, 0.25) is 5.95 Å². The second-order valence-electron chi connectivity index (χ2n) is 4.70. The van der Waals surface area contributed by atoms with Crippen LogP contribution < -0.4 is 9.64 Å². The molecule has 108 valence electrons. The van der Waals surface area contributed by atoms with E-state index in [-0.39, 0.29) is 5.56 Å². The fourth-order valence-corrected chi connectivity index (χ4v) is 2.29. The van der Waals surface area contributed by atoms with Crippen LogP contribution in [0.3, 0.4) is 0 Å². The third-order valence-electron chi connectivity index (χ3n) is 3.42. The summed E-state index contributed by atoms with van der Waals surface area (Å²) in [5.74, 6) is -0.0744. The Hall–Kier alpha value is -2.63.